The van der Waals surface area contributed by atoms with Gasteiger partial charge in [-0.3, -0.25) is 24.2 Å². The number of hydrogen-bond acceptors (Lipinski definition) is 7. The van der Waals surface area contributed by atoms with Crippen LogP contribution < -0.4 is 4.90 Å². The Hall–Kier alpha value is -2.85. The molecule has 2 aliphatic rings. The maximum absolute atomic E-state index is 13.3. The van der Waals surface area contributed by atoms with Gasteiger partial charge in [0.2, 0.25) is 5.91 Å². The first kappa shape index (κ1) is 20.9. The predicted octanol–water partition coefficient (Wildman–Crippen LogP) is 1.20. The highest BCUT2D eigenvalue weighted by atomic mass is 32.2. The lowest BCUT2D eigenvalue weighted by Gasteiger charge is -2.59. The van der Waals surface area contributed by atoms with Crippen molar-refractivity contribution in [2.75, 3.05) is 24.4 Å². The third kappa shape index (κ3) is 3.28. The van der Waals surface area contributed by atoms with Gasteiger partial charge in [0.25, 0.3) is 11.6 Å². The lowest BCUT2D eigenvalue weighted by molar-refractivity contribution is -0.185. The number of anilines is 1. The molecule has 0 bridgehead atoms. The van der Waals surface area contributed by atoms with Crippen LogP contribution in [0, 0.1) is 0 Å². The molecule has 0 aromatic heterocycles. The Labute approximate surface area is 171 Å². The number of benzene rings is 1. The Bertz CT molecular complexity index is 901. The number of fused-ring (bicyclic) bond motifs is 1. The topological polar surface area (TPSA) is 113 Å². The number of carboxylic acids is 1. The SMILES string of the molecule is CO[C@]1(N(C(C)=O)c2ccccc2)C(=O)N2C(C(=O)O)=C(COC(C)=O)CS[C@@H]21. The van der Waals surface area contributed by atoms with Crippen molar-refractivity contribution in [1.29, 1.82) is 0 Å². The third-order valence-corrected chi connectivity index (χ3v) is 6.07. The number of ether oxygens (including phenoxy) is 2. The van der Waals surface area contributed by atoms with Crippen LogP contribution in [0.1, 0.15) is 13.8 Å². The van der Waals surface area contributed by atoms with E-state index >= 15 is 0 Å². The average Bonchev–Trinajstić information content (AvgIpc) is 2.69. The van der Waals surface area contributed by atoms with Crippen LogP contribution >= 0.6 is 11.8 Å². The molecule has 1 aromatic rings. The molecular formula is C19H20N2O7S. The van der Waals surface area contributed by atoms with Gasteiger partial charge in [0.05, 0.1) is 0 Å². The second kappa shape index (κ2) is 7.88. The quantitative estimate of drug-likeness (QED) is 0.415. The van der Waals surface area contributed by atoms with Gasteiger partial charge in [-0.1, -0.05) is 18.2 Å². The van der Waals surface area contributed by atoms with Crippen LogP contribution in [0.25, 0.3) is 0 Å². The number of amides is 2. The molecule has 2 atom stereocenters. The summed E-state index contributed by atoms with van der Waals surface area (Å²) in [6.45, 7) is 2.31. The largest absolute Gasteiger partial charge is 0.477 e. The molecule has 1 fully saturated rings. The number of carbonyl (C=O) groups excluding carboxylic acids is 3. The summed E-state index contributed by atoms with van der Waals surface area (Å²) in [6.07, 6.45) is 0. The van der Waals surface area contributed by atoms with E-state index in [0.29, 0.717) is 11.3 Å². The molecule has 0 saturated carbocycles. The van der Waals surface area contributed by atoms with Crippen molar-refractivity contribution >= 4 is 41.2 Å². The lowest BCUT2D eigenvalue weighted by atomic mass is 9.95. The number of aliphatic carboxylic acids is 1. The molecule has 10 heteroatoms. The van der Waals surface area contributed by atoms with Crippen LogP contribution in [0.2, 0.25) is 0 Å². The fourth-order valence-electron chi connectivity index (χ4n) is 3.54. The maximum Gasteiger partial charge on any atom is 0.352 e. The molecule has 29 heavy (non-hydrogen) atoms. The molecule has 0 unspecified atom stereocenters. The predicted molar refractivity (Wildman–Crippen MR) is 104 cm³/mol. The minimum absolute atomic E-state index is 0.203. The molecule has 1 aromatic carbocycles. The first-order valence-corrected chi connectivity index (χ1v) is 9.75. The summed E-state index contributed by atoms with van der Waals surface area (Å²) in [7, 11) is 1.31. The Morgan fingerprint density at radius 1 is 1.28 bits per heavy atom. The number of thioether (sulfide) groups is 1. The van der Waals surface area contributed by atoms with E-state index in [0.717, 1.165) is 4.90 Å². The van der Waals surface area contributed by atoms with Crippen LogP contribution in [0.15, 0.2) is 41.6 Å². The molecular weight excluding hydrogens is 400 g/mol. The molecule has 3 rings (SSSR count). The number of nitrogens with zero attached hydrogens (tertiary/aromatic N) is 2. The van der Waals surface area contributed by atoms with Gasteiger partial charge in [0.1, 0.15) is 17.7 Å². The van der Waals surface area contributed by atoms with Gasteiger partial charge in [0, 0.05) is 38.0 Å². The fourth-order valence-corrected chi connectivity index (χ4v) is 5.00. The van der Waals surface area contributed by atoms with Crippen LogP contribution in [0.5, 0.6) is 0 Å². The number of carboxylic acid groups (broad SMARTS) is 1. The minimum atomic E-state index is -1.68. The van der Waals surface area contributed by atoms with Gasteiger partial charge < -0.3 is 14.6 Å². The summed E-state index contributed by atoms with van der Waals surface area (Å²) >= 11 is 1.24. The van der Waals surface area contributed by atoms with Gasteiger partial charge in [-0.15, -0.1) is 11.8 Å². The zero-order valence-corrected chi connectivity index (χ0v) is 16.9. The van der Waals surface area contributed by atoms with Crippen molar-refractivity contribution in [2.24, 2.45) is 0 Å². The summed E-state index contributed by atoms with van der Waals surface area (Å²) in [4.78, 5) is 51.1. The summed E-state index contributed by atoms with van der Waals surface area (Å²) in [6, 6.07) is 8.57. The monoisotopic (exact) mass is 420 g/mol. The highest BCUT2D eigenvalue weighted by Crippen LogP contribution is 2.50. The van der Waals surface area contributed by atoms with Crippen molar-refractivity contribution in [3.8, 4) is 0 Å². The van der Waals surface area contributed by atoms with E-state index in [1.165, 1.54) is 37.6 Å². The molecule has 2 amide bonds. The number of carbonyl (C=O) groups is 4. The first-order valence-electron chi connectivity index (χ1n) is 8.70. The zero-order chi connectivity index (χ0) is 21.3. The molecule has 2 aliphatic heterocycles. The number of hydrogen-bond donors (Lipinski definition) is 1. The Morgan fingerprint density at radius 3 is 2.45 bits per heavy atom. The smallest absolute Gasteiger partial charge is 0.352 e. The van der Waals surface area contributed by atoms with Crippen LogP contribution in [-0.2, 0) is 28.7 Å². The standard InChI is InChI=1S/C19H20N2O7S/c1-11(22)21(14-7-5-4-6-8-14)19(27-3)17(26)20-15(16(24)25)13(9-28-12(2)23)10-29-18(19)20/h4-8,18H,9-10H2,1-3H3,(H,24,25)/t18-,19-/m1/s1. The van der Waals surface area contributed by atoms with Crippen molar-refractivity contribution in [3.05, 3.63) is 41.6 Å². The van der Waals surface area contributed by atoms with Crippen LogP contribution in [0.3, 0.4) is 0 Å². The first-order chi connectivity index (χ1) is 13.8. The number of methoxy groups -OCH3 is 1. The average molecular weight is 420 g/mol. The summed E-state index contributed by atoms with van der Waals surface area (Å²) < 4.78 is 10.5. The normalized spacial score (nSPS) is 23.2. The lowest BCUT2D eigenvalue weighted by Crippen LogP contribution is -2.81. The molecule has 1 saturated heterocycles. The van der Waals surface area contributed by atoms with E-state index in [1.54, 1.807) is 30.3 Å². The highest BCUT2D eigenvalue weighted by molar-refractivity contribution is 8.00. The summed E-state index contributed by atoms with van der Waals surface area (Å²) in [5.74, 6) is -2.76. The molecule has 9 nitrogen and oxygen atoms in total. The molecule has 0 spiro atoms. The van der Waals surface area contributed by atoms with Gasteiger partial charge in [-0.25, -0.2) is 4.79 Å². The second-order valence-electron chi connectivity index (χ2n) is 6.47. The van der Waals surface area contributed by atoms with Crippen molar-refractivity contribution in [3.63, 3.8) is 0 Å². The molecule has 154 valence electrons. The minimum Gasteiger partial charge on any atom is -0.477 e. The van der Waals surface area contributed by atoms with Gasteiger partial charge in [-0.05, 0) is 12.1 Å². The maximum atomic E-state index is 13.3. The Morgan fingerprint density at radius 2 is 1.93 bits per heavy atom. The molecule has 2 heterocycles. The number of esters is 1. The van der Waals surface area contributed by atoms with E-state index < -0.39 is 34.9 Å². The van der Waals surface area contributed by atoms with Crippen LogP contribution in [-0.4, -0.2) is 64.3 Å². The van der Waals surface area contributed by atoms with Gasteiger partial charge >= 0.3 is 11.9 Å². The van der Waals surface area contributed by atoms with E-state index in [2.05, 4.69) is 0 Å². The Kier molecular flexibility index (Phi) is 5.67. The molecule has 0 radical (unpaired) electrons. The molecule has 1 N–H and O–H groups in total. The van der Waals surface area contributed by atoms with Crippen molar-refractivity contribution in [1.82, 2.24) is 4.90 Å². The van der Waals surface area contributed by atoms with Gasteiger partial charge in [0.15, 0.2) is 0 Å². The number of β-lactam (4-membered cyclic amide) rings is 1. The summed E-state index contributed by atoms with van der Waals surface area (Å²) in [5.41, 5.74) is -1.15. The van der Waals surface area contributed by atoms with Crippen molar-refractivity contribution in [2.45, 2.75) is 24.9 Å². The van der Waals surface area contributed by atoms with E-state index in [-0.39, 0.29) is 18.1 Å². The fraction of sp³-hybridized carbons (Fsp3) is 0.368. The molecule has 0 aliphatic carbocycles. The van der Waals surface area contributed by atoms with Gasteiger partial charge in [-0.2, -0.15) is 0 Å². The van der Waals surface area contributed by atoms with E-state index in [1.807, 2.05) is 0 Å². The number of rotatable bonds is 6. The Balaban J connectivity index is 2.04. The highest BCUT2D eigenvalue weighted by Gasteiger charge is 2.69. The summed E-state index contributed by atoms with van der Waals surface area (Å²) in [5, 5.41) is 8.93. The van der Waals surface area contributed by atoms with Crippen molar-refractivity contribution < 1.29 is 33.8 Å². The van der Waals surface area contributed by atoms with E-state index in [9.17, 15) is 24.3 Å². The van der Waals surface area contributed by atoms with E-state index in [4.69, 9.17) is 9.47 Å². The van der Waals surface area contributed by atoms with Crippen LogP contribution in [0.4, 0.5) is 5.69 Å². The zero-order valence-electron chi connectivity index (χ0n) is 16.1. The number of para-hydroxylation sites is 1. The second-order valence-corrected chi connectivity index (χ2v) is 7.54. The third-order valence-electron chi connectivity index (χ3n) is 4.71.